The van der Waals surface area contributed by atoms with Crippen molar-refractivity contribution in [3.63, 3.8) is 0 Å². The molecular weight excluding hydrogens is 342 g/mol. The molecule has 2 heterocycles. The first-order chi connectivity index (χ1) is 12.2. The molecule has 0 amide bonds. The van der Waals surface area contributed by atoms with Crippen molar-refractivity contribution in [1.29, 1.82) is 1.43 Å². The normalized spacial score (nSPS) is 48.9. The van der Waals surface area contributed by atoms with Gasteiger partial charge in [0, 0.05) is 5.92 Å². The van der Waals surface area contributed by atoms with Gasteiger partial charge in [-0.15, -0.1) is 9.12 Å². The Morgan fingerprint density at radius 1 is 1.04 bits per heavy atom. The van der Waals surface area contributed by atoms with Crippen LogP contribution < -0.4 is 0 Å². The Labute approximate surface area is 155 Å². The molecule has 11 atom stereocenters. The predicted molar refractivity (Wildman–Crippen MR) is 100 cm³/mol. The van der Waals surface area contributed by atoms with E-state index in [2.05, 4.69) is 41.9 Å². The number of aliphatic hydroxyl groups is 2. The van der Waals surface area contributed by atoms with E-state index in [9.17, 15) is 5.11 Å². The molecule has 6 nitrogen and oxygen atoms in total. The van der Waals surface area contributed by atoms with E-state index in [-0.39, 0.29) is 37.7 Å². The maximum absolute atomic E-state index is 10.7. The van der Waals surface area contributed by atoms with E-state index in [1.54, 1.807) is 0 Å². The molecule has 2 aliphatic rings. The summed E-state index contributed by atoms with van der Waals surface area (Å²) in [5.74, 6) is 1.13. The van der Waals surface area contributed by atoms with E-state index in [0.717, 1.165) is 0 Å². The lowest BCUT2D eigenvalue weighted by Crippen LogP contribution is -2.61. The van der Waals surface area contributed by atoms with Gasteiger partial charge in [0.2, 0.25) is 1.43 Å². The van der Waals surface area contributed by atoms with Crippen LogP contribution in [0.2, 0.25) is 6.82 Å². The predicted octanol–water partition coefficient (Wildman–Crippen LogP) is 1.54. The summed E-state index contributed by atoms with van der Waals surface area (Å²) in [6.07, 6.45) is -3.25. The third kappa shape index (κ3) is 4.76. The SMILES string of the molecule is [3H]OCC1OC(C)C(OC2OC(C)C(C)C(C)C2C)C(OB(C)P)C1O. The lowest BCUT2D eigenvalue weighted by atomic mass is 9.79. The molecule has 146 valence electrons. The fourth-order valence-electron chi connectivity index (χ4n) is 3.76. The van der Waals surface area contributed by atoms with Crippen molar-refractivity contribution >= 4 is 15.8 Å². The van der Waals surface area contributed by atoms with Gasteiger partial charge in [-0.25, -0.2) is 0 Å². The molecule has 0 radical (unpaired) electrons. The second kappa shape index (κ2) is 8.96. The molecule has 0 aromatic rings. The van der Waals surface area contributed by atoms with Crippen molar-refractivity contribution in [2.24, 2.45) is 17.8 Å². The number of hydrogen-bond donors (Lipinski definition) is 2. The molecule has 0 saturated carbocycles. The zero-order valence-electron chi connectivity index (χ0n) is 17.1. The van der Waals surface area contributed by atoms with E-state index in [0.29, 0.717) is 11.8 Å². The van der Waals surface area contributed by atoms with Crippen LogP contribution in [0.3, 0.4) is 0 Å². The fraction of sp³-hybridized carbons (Fsp3) is 1.00. The Balaban J connectivity index is 2.16. The van der Waals surface area contributed by atoms with Gasteiger partial charge in [0.25, 0.3) is 0 Å². The minimum atomic E-state index is -0.947. The molecule has 0 aromatic heterocycles. The molecule has 25 heavy (non-hydrogen) atoms. The number of rotatable bonds is 6. The van der Waals surface area contributed by atoms with Gasteiger partial charge in [-0.3, -0.25) is 0 Å². The first kappa shape index (κ1) is 20.0. The van der Waals surface area contributed by atoms with Gasteiger partial charge in [-0.1, -0.05) is 27.6 Å². The van der Waals surface area contributed by atoms with Crippen LogP contribution in [-0.2, 0) is 18.9 Å². The molecule has 0 aliphatic carbocycles. The average Bonchev–Trinajstić information content (AvgIpc) is 2.57. The van der Waals surface area contributed by atoms with Crippen molar-refractivity contribution in [1.82, 2.24) is 0 Å². The molecule has 0 bridgehead atoms. The van der Waals surface area contributed by atoms with E-state index < -0.39 is 24.4 Å². The quantitative estimate of drug-likeness (QED) is 0.540. The fourth-order valence-corrected chi connectivity index (χ4v) is 3.94. The molecule has 0 aromatic carbocycles. The summed E-state index contributed by atoms with van der Waals surface area (Å²) in [7, 11) is 2.57. The first-order valence-electron chi connectivity index (χ1n) is 9.71. The smallest absolute Gasteiger partial charge is 0.312 e. The van der Waals surface area contributed by atoms with E-state index >= 15 is 0 Å². The van der Waals surface area contributed by atoms with Crippen molar-refractivity contribution in [3.8, 4) is 0 Å². The van der Waals surface area contributed by atoms with Crippen LogP contribution in [0.1, 0.15) is 34.6 Å². The Morgan fingerprint density at radius 3 is 2.32 bits per heavy atom. The molecule has 11 unspecified atom stereocenters. The van der Waals surface area contributed by atoms with Crippen molar-refractivity contribution in [2.45, 2.75) is 84.4 Å². The van der Waals surface area contributed by atoms with Gasteiger partial charge in [0.1, 0.15) is 18.3 Å². The lowest BCUT2D eigenvalue weighted by Gasteiger charge is -2.48. The zero-order valence-corrected chi connectivity index (χ0v) is 17.3. The van der Waals surface area contributed by atoms with Gasteiger partial charge < -0.3 is 29.1 Å². The molecular formula is C17H34BO6P. The summed E-state index contributed by atoms with van der Waals surface area (Å²) in [4.78, 5) is 0. The van der Waals surface area contributed by atoms with Crippen LogP contribution in [-0.4, -0.2) is 67.8 Å². The first-order valence-corrected chi connectivity index (χ1v) is 9.97. The van der Waals surface area contributed by atoms with Crippen LogP contribution in [0.5, 0.6) is 0 Å². The second-order valence-corrected chi connectivity index (χ2v) is 8.67. The highest BCUT2D eigenvalue weighted by molar-refractivity contribution is 7.60. The van der Waals surface area contributed by atoms with Crippen LogP contribution in [0, 0.1) is 17.8 Å². The van der Waals surface area contributed by atoms with Crippen molar-refractivity contribution in [3.05, 3.63) is 0 Å². The van der Waals surface area contributed by atoms with Crippen molar-refractivity contribution < 1.29 is 29.1 Å². The second-order valence-electron chi connectivity index (χ2n) is 7.73. The lowest BCUT2D eigenvalue weighted by molar-refractivity contribution is -0.309. The number of aliphatic hydroxyl groups excluding tert-OH is 2. The summed E-state index contributed by atoms with van der Waals surface area (Å²) >= 11 is 0. The minimum absolute atomic E-state index is 0.0226. The van der Waals surface area contributed by atoms with Crippen LogP contribution in [0.4, 0.5) is 0 Å². The summed E-state index contributed by atoms with van der Waals surface area (Å²) in [6.45, 7) is 12.2. The molecule has 2 N–H and O–H groups in total. The Morgan fingerprint density at radius 2 is 1.72 bits per heavy atom. The van der Waals surface area contributed by atoms with Crippen LogP contribution in [0.25, 0.3) is 0 Å². The Bertz CT molecular complexity index is 447. The number of hydrogen-bond acceptors (Lipinski definition) is 6. The summed E-state index contributed by atoms with van der Waals surface area (Å²) in [6, 6.07) is 0. The van der Waals surface area contributed by atoms with Gasteiger partial charge in [0.15, 0.2) is 6.29 Å². The van der Waals surface area contributed by atoms with E-state index in [1.807, 2.05) is 13.7 Å². The molecule has 0 spiro atoms. The van der Waals surface area contributed by atoms with E-state index in [1.165, 1.54) is 0 Å². The monoisotopic (exact) mass is 378 g/mol. The molecule has 2 saturated heterocycles. The topological polar surface area (TPSA) is 77.4 Å². The third-order valence-corrected chi connectivity index (χ3v) is 6.06. The molecule has 2 rings (SSSR count). The number of ether oxygens (including phenoxy) is 3. The van der Waals surface area contributed by atoms with Crippen LogP contribution >= 0.6 is 9.12 Å². The minimum Gasteiger partial charge on any atom is -0.424 e. The highest BCUT2D eigenvalue weighted by Gasteiger charge is 2.48. The summed E-state index contributed by atoms with van der Waals surface area (Å²) in [5.41, 5.74) is 0. The van der Waals surface area contributed by atoms with Gasteiger partial charge >= 0.3 is 6.64 Å². The Hall–Kier alpha value is 0.255. The van der Waals surface area contributed by atoms with Gasteiger partial charge in [-0.05, 0) is 25.7 Å². The largest absolute Gasteiger partial charge is 0.424 e. The maximum atomic E-state index is 10.7. The third-order valence-electron chi connectivity index (χ3n) is 5.90. The maximum Gasteiger partial charge on any atom is 0.312 e. The molecule has 8 heteroatoms. The van der Waals surface area contributed by atoms with Crippen molar-refractivity contribution in [2.75, 3.05) is 6.61 Å². The summed E-state index contributed by atoms with van der Waals surface area (Å²) < 4.78 is 31.2. The highest BCUT2D eigenvalue weighted by Crippen LogP contribution is 2.37. The van der Waals surface area contributed by atoms with Gasteiger partial charge in [-0.2, -0.15) is 0 Å². The summed E-state index contributed by atoms with van der Waals surface area (Å²) in [5, 5.41) is 15.1. The Kier molecular flexibility index (Phi) is 7.17. The average molecular weight is 378 g/mol. The standard InChI is InChI=1S/C17H34BO6P/c1-8-9(2)11(4)22-17(10(8)3)23-15-12(5)21-13(7-19)14(20)16(15)24-18(6)25/h8-17,19-20H,7,25H2,1-6H3/i19T. The molecule has 2 aliphatic heterocycles. The molecule has 2 fully saturated rings. The zero-order chi connectivity index (χ0) is 19.6. The van der Waals surface area contributed by atoms with E-state index in [4.69, 9.17) is 20.3 Å². The van der Waals surface area contributed by atoms with Gasteiger partial charge in [0.05, 0.1) is 24.9 Å². The highest BCUT2D eigenvalue weighted by atomic mass is 31.0. The van der Waals surface area contributed by atoms with Crippen LogP contribution in [0.15, 0.2) is 0 Å².